The number of fused-ring (bicyclic) bond motifs is 1. The van der Waals surface area contributed by atoms with Crippen LogP contribution in [0.15, 0.2) is 12.1 Å². The Kier molecular flexibility index (Phi) is 3.00. The van der Waals surface area contributed by atoms with E-state index in [1.54, 1.807) is 6.92 Å². The largest absolute Gasteiger partial charge is 0.489 e. The minimum atomic E-state index is -0.0373. The Bertz CT molecular complexity index is 498. The Morgan fingerprint density at radius 1 is 1.33 bits per heavy atom. The molecule has 18 heavy (non-hydrogen) atoms. The van der Waals surface area contributed by atoms with Crippen LogP contribution in [0.5, 0.6) is 5.75 Å². The van der Waals surface area contributed by atoms with Crippen LogP contribution >= 0.6 is 0 Å². The smallest absolute Gasteiger partial charge is 0.159 e. The van der Waals surface area contributed by atoms with E-state index in [1.165, 1.54) is 5.56 Å². The molecule has 1 aliphatic heterocycles. The number of ether oxygens (including phenoxy) is 1. The van der Waals surface area contributed by atoms with Gasteiger partial charge in [-0.25, -0.2) is 0 Å². The zero-order valence-electron chi connectivity index (χ0n) is 12.1. The van der Waals surface area contributed by atoms with E-state index >= 15 is 0 Å². The summed E-state index contributed by atoms with van der Waals surface area (Å²) in [5.41, 5.74) is 3.08. The molecule has 2 heteroatoms. The Morgan fingerprint density at radius 2 is 1.94 bits per heavy atom. The Morgan fingerprint density at radius 3 is 2.44 bits per heavy atom. The van der Waals surface area contributed by atoms with Gasteiger partial charge in [0.25, 0.3) is 0 Å². The first kappa shape index (κ1) is 13.1. The van der Waals surface area contributed by atoms with Gasteiger partial charge in [-0.15, -0.1) is 0 Å². The van der Waals surface area contributed by atoms with Crippen LogP contribution in [0.1, 0.15) is 68.9 Å². The number of benzene rings is 1. The van der Waals surface area contributed by atoms with Crippen LogP contribution in [-0.2, 0) is 5.41 Å². The highest BCUT2D eigenvalue weighted by Gasteiger charge is 2.40. The van der Waals surface area contributed by atoms with E-state index in [1.807, 2.05) is 12.1 Å². The molecule has 2 rings (SSSR count). The van der Waals surface area contributed by atoms with Crippen molar-refractivity contribution in [3.63, 3.8) is 0 Å². The fourth-order valence-corrected chi connectivity index (χ4v) is 2.44. The highest BCUT2D eigenvalue weighted by Crippen LogP contribution is 2.47. The van der Waals surface area contributed by atoms with Gasteiger partial charge in [0.1, 0.15) is 11.9 Å². The van der Waals surface area contributed by atoms with Gasteiger partial charge in [-0.3, -0.25) is 4.79 Å². The van der Waals surface area contributed by atoms with Crippen LogP contribution in [0.25, 0.3) is 0 Å². The molecule has 1 heterocycles. The number of carbonyl (C=O) groups is 1. The highest BCUT2D eigenvalue weighted by atomic mass is 16.5. The Balaban J connectivity index is 2.70. The summed E-state index contributed by atoms with van der Waals surface area (Å²) >= 11 is 0. The van der Waals surface area contributed by atoms with Gasteiger partial charge in [0.15, 0.2) is 5.78 Å². The second kappa shape index (κ2) is 4.11. The first-order valence-corrected chi connectivity index (χ1v) is 6.61. The molecular weight excluding hydrogens is 224 g/mol. The predicted octanol–water partition coefficient (Wildman–Crippen LogP) is 4.07. The van der Waals surface area contributed by atoms with Crippen LogP contribution in [-0.4, -0.2) is 11.9 Å². The second-order valence-electron chi connectivity index (χ2n) is 6.13. The van der Waals surface area contributed by atoms with Crippen molar-refractivity contribution in [1.29, 1.82) is 0 Å². The normalized spacial score (nSPS) is 20.7. The maximum Gasteiger partial charge on any atom is 0.159 e. The van der Waals surface area contributed by atoms with Crippen LogP contribution in [0.4, 0.5) is 0 Å². The van der Waals surface area contributed by atoms with Crippen LogP contribution in [0.3, 0.4) is 0 Å². The number of hydrogen-bond acceptors (Lipinski definition) is 2. The van der Waals surface area contributed by atoms with Crippen molar-refractivity contribution in [3.8, 4) is 5.75 Å². The van der Waals surface area contributed by atoms with E-state index in [9.17, 15) is 4.79 Å². The summed E-state index contributed by atoms with van der Waals surface area (Å²) in [6, 6.07) is 3.99. The maximum absolute atomic E-state index is 11.7. The van der Waals surface area contributed by atoms with Gasteiger partial charge in [-0.1, -0.05) is 27.7 Å². The molecule has 2 nitrogen and oxygen atoms in total. The van der Waals surface area contributed by atoms with Crippen LogP contribution < -0.4 is 4.74 Å². The van der Waals surface area contributed by atoms with E-state index in [2.05, 4.69) is 34.6 Å². The Labute approximate surface area is 109 Å². The lowest BCUT2D eigenvalue weighted by Gasteiger charge is -2.22. The van der Waals surface area contributed by atoms with E-state index in [-0.39, 0.29) is 17.3 Å². The second-order valence-corrected chi connectivity index (χ2v) is 6.13. The minimum absolute atomic E-state index is 0.0373. The summed E-state index contributed by atoms with van der Waals surface area (Å²) < 4.78 is 6.04. The molecule has 1 atom stereocenters. The van der Waals surface area contributed by atoms with E-state index < -0.39 is 0 Å². The third-order valence-electron chi connectivity index (χ3n) is 4.15. The summed E-state index contributed by atoms with van der Waals surface area (Å²) in [6.07, 6.45) is 0.146. The number of ketones is 1. The zero-order chi connectivity index (χ0) is 13.7. The summed E-state index contributed by atoms with van der Waals surface area (Å²) in [6.45, 7) is 12.3. The van der Waals surface area contributed by atoms with E-state index in [0.29, 0.717) is 5.92 Å². The quantitative estimate of drug-likeness (QED) is 0.735. The van der Waals surface area contributed by atoms with Gasteiger partial charge >= 0.3 is 0 Å². The molecule has 0 aliphatic carbocycles. The molecule has 0 amide bonds. The van der Waals surface area contributed by atoms with Crippen molar-refractivity contribution in [2.24, 2.45) is 0 Å². The molecular formula is C16H22O2. The predicted molar refractivity (Wildman–Crippen MR) is 73.7 cm³/mol. The number of carbonyl (C=O) groups excluding carboxylic acids is 1. The average molecular weight is 246 g/mol. The molecule has 0 saturated carbocycles. The summed E-state index contributed by atoms with van der Waals surface area (Å²) in [4.78, 5) is 11.7. The van der Waals surface area contributed by atoms with Crippen molar-refractivity contribution in [2.75, 3.05) is 0 Å². The molecule has 0 bridgehead atoms. The summed E-state index contributed by atoms with van der Waals surface area (Å²) in [5.74, 6) is 1.47. The first-order valence-electron chi connectivity index (χ1n) is 6.61. The molecule has 0 saturated heterocycles. The number of rotatable bonds is 2. The van der Waals surface area contributed by atoms with Gasteiger partial charge in [0.05, 0.1) is 0 Å². The topological polar surface area (TPSA) is 26.3 Å². The summed E-state index contributed by atoms with van der Waals surface area (Å²) in [7, 11) is 0. The lowest BCUT2D eigenvalue weighted by atomic mass is 9.79. The zero-order valence-corrected chi connectivity index (χ0v) is 12.1. The SMILES string of the molecule is CC(=O)c1cc(C(C)C)c2c(c1)C(C)(C)C(C)O2. The third kappa shape index (κ3) is 1.84. The van der Waals surface area contributed by atoms with Crippen molar-refractivity contribution >= 4 is 5.78 Å². The molecule has 98 valence electrons. The molecule has 1 aliphatic rings. The molecule has 0 spiro atoms. The molecule has 0 fully saturated rings. The summed E-state index contributed by atoms with van der Waals surface area (Å²) in [5, 5.41) is 0. The van der Waals surface area contributed by atoms with E-state index in [0.717, 1.165) is 16.9 Å². The van der Waals surface area contributed by atoms with E-state index in [4.69, 9.17) is 4.74 Å². The van der Waals surface area contributed by atoms with Gasteiger partial charge in [-0.05, 0) is 37.5 Å². The average Bonchev–Trinajstić information content (AvgIpc) is 2.49. The molecule has 0 aromatic heterocycles. The first-order chi connectivity index (χ1) is 8.25. The van der Waals surface area contributed by atoms with Crippen LogP contribution in [0, 0.1) is 0 Å². The fraction of sp³-hybridized carbons (Fsp3) is 0.562. The van der Waals surface area contributed by atoms with Crippen molar-refractivity contribution < 1.29 is 9.53 Å². The van der Waals surface area contributed by atoms with Gasteiger partial charge < -0.3 is 4.74 Å². The lowest BCUT2D eigenvalue weighted by molar-refractivity contribution is 0.101. The van der Waals surface area contributed by atoms with Crippen LogP contribution in [0.2, 0.25) is 0 Å². The van der Waals surface area contributed by atoms with Crippen molar-refractivity contribution in [3.05, 3.63) is 28.8 Å². The molecule has 1 aromatic rings. The van der Waals surface area contributed by atoms with Crippen molar-refractivity contribution in [1.82, 2.24) is 0 Å². The molecule has 1 unspecified atom stereocenters. The monoisotopic (exact) mass is 246 g/mol. The number of hydrogen-bond donors (Lipinski definition) is 0. The van der Waals surface area contributed by atoms with Gasteiger partial charge in [0, 0.05) is 16.5 Å². The maximum atomic E-state index is 11.7. The molecule has 1 aromatic carbocycles. The lowest BCUT2D eigenvalue weighted by Crippen LogP contribution is -2.28. The van der Waals surface area contributed by atoms with Crippen molar-refractivity contribution in [2.45, 2.75) is 59.0 Å². The molecule has 0 N–H and O–H groups in total. The van der Waals surface area contributed by atoms with Gasteiger partial charge in [-0.2, -0.15) is 0 Å². The standard InChI is InChI=1S/C16H22O2/c1-9(2)13-7-12(10(3)17)8-14-15(13)18-11(4)16(14,5)6/h7-9,11H,1-6H3. The Hall–Kier alpha value is -1.31. The minimum Gasteiger partial charge on any atom is -0.489 e. The molecule has 0 radical (unpaired) electrons. The highest BCUT2D eigenvalue weighted by molar-refractivity contribution is 5.95. The van der Waals surface area contributed by atoms with Gasteiger partial charge in [0.2, 0.25) is 0 Å². The fourth-order valence-electron chi connectivity index (χ4n) is 2.44. The number of Topliss-reactive ketones (excluding diaryl/α,β-unsaturated/α-hetero) is 1. The third-order valence-corrected chi connectivity index (χ3v) is 4.15.